The fourth-order valence-electron chi connectivity index (χ4n) is 1.60. The number of halogens is 2. The van der Waals surface area contributed by atoms with Crippen LogP contribution in [-0.4, -0.2) is 28.7 Å². The Balaban J connectivity index is 1.89. The zero-order valence-electron chi connectivity index (χ0n) is 12.1. The van der Waals surface area contributed by atoms with E-state index in [4.69, 9.17) is 23.2 Å². The van der Waals surface area contributed by atoms with E-state index in [9.17, 15) is 15.0 Å². The van der Waals surface area contributed by atoms with Gasteiger partial charge in [-0.25, -0.2) is 15.6 Å². The number of aromatic hydroxyl groups is 2. The van der Waals surface area contributed by atoms with Crippen molar-refractivity contribution in [3.8, 4) is 11.5 Å². The third-order valence-corrected chi connectivity index (χ3v) is 3.19. The second-order valence-electron chi connectivity index (χ2n) is 4.48. The number of hydrogen-bond acceptors (Lipinski definition) is 5. The molecule has 0 aromatic heterocycles. The SMILES string of the molecule is O=C(NN=Cc1cc(Cl)ccc1O)NN=Cc1cc(Cl)ccc1O. The molecule has 0 radical (unpaired) electrons. The Labute approximate surface area is 147 Å². The van der Waals surface area contributed by atoms with E-state index in [1.807, 2.05) is 0 Å². The van der Waals surface area contributed by atoms with Crippen LogP contribution >= 0.6 is 23.2 Å². The van der Waals surface area contributed by atoms with Gasteiger partial charge in [0, 0.05) is 21.2 Å². The zero-order chi connectivity index (χ0) is 17.5. The van der Waals surface area contributed by atoms with Crippen LogP contribution in [0.1, 0.15) is 11.1 Å². The molecule has 2 rings (SSSR count). The van der Waals surface area contributed by atoms with Crippen molar-refractivity contribution < 1.29 is 15.0 Å². The van der Waals surface area contributed by atoms with Crippen LogP contribution in [0.3, 0.4) is 0 Å². The average Bonchev–Trinajstić information content (AvgIpc) is 2.54. The van der Waals surface area contributed by atoms with Gasteiger partial charge in [-0.1, -0.05) is 23.2 Å². The number of carbonyl (C=O) groups is 1. The van der Waals surface area contributed by atoms with E-state index in [1.54, 1.807) is 0 Å². The quantitative estimate of drug-likeness (QED) is 0.493. The zero-order valence-corrected chi connectivity index (χ0v) is 13.6. The minimum Gasteiger partial charge on any atom is -0.507 e. The molecule has 2 amide bonds. The number of rotatable bonds is 4. The summed E-state index contributed by atoms with van der Waals surface area (Å²) in [6.45, 7) is 0. The van der Waals surface area contributed by atoms with E-state index in [2.05, 4.69) is 21.1 Å². The molecule has 4 N–H and O–H groups in total. The van der Waals surface area contributed by atoms with Gasteiger partial charge >= 0.3 is 6.03 Å². The Kier molecular flexibility index (Phi) is 6.00. The molecular weight excluding hydrogens is 355 g/mol. The molecule has 0 fully saturated rings. The number of hydrazone groups is 2. The molecule has 0 aliphatic carbocycles. The molecule has 0 bridgehead atoms. The summed E-state index contributed by atoms with van der Waals surface area (Å²) in [6, 6.07) is 8.12. The highest BCUT2D eigenvalue weighted by Crippen LogP contribution is 2.20. The van der Waals surface area contributed by atoms with Gasteiger partial charge in [-0.15, -0.1) is 0 Å². The standard InChI is InChI=1S/C15H12Cl2N4O3/c16-11-1-3-13(22)9(5-11)7-18-20-15(24)21-19-8-10-6-12(17)2-4-14(10)23/h1-8,22-23H,(H2,20,21,24). The molecule has 0 unspecified atom stereocenters. The fourth-order valence-corrected chi connectivity index (χ4v) is 1.96. The summed E-state index contributed by atoms with van der Waals surface area (Å²) in [6.07, 6.45) is 2.46. The molecule has 0 spiro atoms. The average molecular weight is 367 g/mol. The number of phenolic OH excluding ortho intramolecular Hbond substituents is 2. The summed E-state index contributed by atoms with van der Waals surface area (Å²) in [5.41, 5.74) is 4.99. The van der Waals surface area contributed by atoms with E-state index in [-0.39, 0.29) is 11.5 Å². The highest BCUT2D eigenvalue weighted by atomic mass is 35.5. The van der Waals surface area contributed by atoms with Gasteiger partial charge in [0.1, 0.15) is 11.5 Å². The first-order valence-electron chi connectivity index (χ1n) is 6.55. The smallest absolute Gasteiger partial charge is 0.355 e. The predicted octanol–water partition coefficient (Wildman–Crippen LogP) is 3.07. The largest absolute Gasteiger partial charge is 0.507 e. The lowest BCUT2D eigenvalue weighted by molar-refractivity contribution is 0.242. The van der Waals surface area contributed by atoms with E-state index in [1.165, 1.54) is 48.8 Å². The summed E-state index contributed by atoms with van der Waals surface area (Å²) in [4.78, 5) is 11.5. The molecule has 0 saturated heterocycles. The number of phenols is 2. The first-order chi connectivity index (χ1) is 11.5. The van der Waals surface area contributed by atoms with Gasteiger partial charge in [0.05, 0.1) is 12.4 Å². The third-order valence-electron chi connectivity index (χ3n) is 2.72. The van der Waals surface area contributed by atoms with Crippen LogP contribution in [0.5, 0.6) is 11.5 Å². The third kappa shape index (κ3) is 5.15. The van der Waals surface area contributed by atoms with E-state index >= 15 is 0 Å². The predicted molar refractivity (Wildman–Crippen MR) is 93.1 cm³/mol. The van der Waals surface area contributed by atoms with Gasteiger partial charge in [-0.3, -0.25) is 0 Å². The minimum atomic E-state index is -0.717. The molecule has 0 atom stereocenters. The van der Waals surface area contributed by atoms with Crippen LogP contribution in [-0.2, 0) is 0 Å². The monoisotopic (exact) mass is 366 g/mol. The van der Waals surface area contributed by atoms with Crippen LogP contribution in [0.25, 0.3) is 0 Å². The fraction of sp³-hybridized carbons (Fsp3) is 0. The number of urea groups is 1. The van der Waals surface area contributed by atoms with Crippen LogP contribution in [0.2, 0.25) is 10.0 Å². The normalized spacial score (nSPS) is 11.1. The Morgan fingerprint density at radius 1 is 0.875 bits per heavy atom. The summed E-state index contributed by atoms with van der Waals surface area (Å²) >= 11 is 11.6. The highest BCUT2D eigenvalue weighted by Gasteiger charge is 2.01. The molecular formula is C15H12Cl2N4O3. The topological polar surface area (TPSA) is 106 Å². The van der Waals surface area contributed by atoms with Crippen molar-refractivity contribution >= 4 is 41.7 Å². The number of nitrogens with one attached hydrogen (secondary N) is 2. The van der Waals surface area contributed by atoms with Crippen molar-refractivity contribution in [3.63, 3.8) is 0 Å². The minimum absolute atomic E-state index is 0.0280. The lowest BCUT2D eigenvalue weighted by Crippen LogP contribution is -2.28. The summed E-state index contributed by atoms with van der Waals surface area (Å²) in [7, 11) is 0. The molecule has 7 nitrogen and oxygen atoms in total. The van der Waals surface area contributed by atoms with Crippen LogP contribution in [0.15, 0.2) is 46.6 Å². The maximum Gasteiger partial charge on any atom is 0.355 e. The summed E-state index contributed by atoms with van der Waals surface area (Å²) in [5.74, 6) is -0.0559. The molecule has 0 aliphatic rings. The van der Waals surface area contributed by atoms with Crippen molar-refractivity contribution in [2.75, 3.05) is 0 Å². The second-order valence-corrected chi connectivity index (χ2v) is 5.35. The van der Waals surface area contributed by atoms with Gasteiger partial charge in [-0.05, 0) is 36.4 Å². The number of nitrogens with zero attached hydrogens (tertiary/aromatic N) is 2. The van der Waals surface area contributed by atoms with E-state index < -0.39 is 6.03 Å². The number of hydrogen-bond donors (Lipinski definition) is 4. The lowest BCUT2D eigenvalue weighted by atomic mass is 10.2. The molecule has 124 valence electrons. The van der Waals surface area contributed by atoms with Crippen LogP contribution in [0, 0.1) is 0 Å². The summed E-state index contributed by atoms with van der Waals surface area (Å²) < 4.78 is 0. The Bertz CT molecular complexity index is 744. The molecule has 2 aromatic carbocycles. The lowest BCUT2D eigenvalue weighted by Gasteiger charge is -2.01. The molecule has 24 heavy (non-hydrogen) atoms. The van der Waals surface area contributed by atoms with Crippen LogP contribution < -0.4 is 10.9 Å². The maximum absolute atomic E-state index is 11.5. The number of carbonyl (C=O) groups excluding carboxylic acids is 1. The van der Waals surface area contributed by atoms with Crippen molar-refractivity contribution in [1.82, 2.24) is 10.9 Å². The first kappa shape index (κ1) is 17.6. The molecule has 9 heteroatoms. The van der Waals surface area contributed by atoms with Crippen molar-refractivity contribution in [1.29, 1.82) is 0 Å². The van der Waals surface area contributed by atoms with Crippen LogP contribution in [0.4, 0.5) is 4.79 Å². The summed E-state index contributed by atoms with van der Waals surface area (Å²) in [5, 5.41) is 27.3. The van der Waals surface area contributed by atoms with Crippen molar-refractivity contribution in [3.05, 3.63) is 57.6 Å². The molecule has 0 aliphatic heterocycles. The highest BCUT2D eigenvalue weighted by molar-refractivity contribution is 6.31. The first-order valence-corrected chi connectivity index (χ1v) is 7.30. The number of benzene rings is 2. The van der Waals surface area contributed by atoms with Crippen molar-refractivity contribution in [2.24, 2.45) is 10.2 Å². The molecule has 2 aromatic rings. The Morgan fingerprint density at radius 2 is 1.29 bits per heavy atom. The maximum atomic E-state index is 11.5. The number of amides is 2. The van der Waals surface area contributed by atoms with Gasteiger partial charge in [0.2, 0.25) is 0 Å². The second kappa shape index (κ2) is 8.19. The van der Waals surface area contributed by atoms with Gasteiger partial charge in [-0.2, -0.15) is 10.2 Å². The van der Waals surface area contributed by atoms with E-state index in [0.29, 0.717) is 21.2 Å². The Morgan fingerprint density at radius 3 is 1.71 bits per heavy atom. The van der Waals surface area contributed by atoms with E-state index in [0.717, 1.165) is 0 Å². The molecule has 0 saturated carbocycles. The van der Waals surface area contributed by atoms with Gasteiger partial charge < -0.3 is 10.2 Å². The van der Waals surface area contributed by atoms with Gasteiger partial charge in [0.15, 0.2) is 0 Å². The molecule has 0 heterocycles. The van der Waals surface area contributed by atoms with Gasteiger partial charge in [0.25, 0.3) is 0 Å². The van der Waals surface area contributed by atoms with Crippen molar-refractivity contribution in [2.45, 2.75) is 0 Å². The Hall–Kier alpha value is -2.77.